The molecular formula is C14H21N3O3S. The van der Waals surface area contributed by atoms with E-state index in [1.54, 1.807) is 12.1 Å². The van der Waals surface area contributed by atoms with E-state index < -0.39 is 10.0 Å². The minimum absolute atomic E-state index is 0.00356. The molecule has 0 spiro atoms. The third-order valence-corrected chi connectivity index (χ3v) is 5.05. The maximum Gasteiger partial charge on any atom is 0.238 e. The average Bonchev–Trinajstić information content (AvgIpc) is 2.47. The fourth-order valence-electron chi connectivity index (χ4n) is 2.66. The number of carbonyl (C=O) groups is 1. The van der Waals surface area contributed by atoms with Crippen molar-refractivity contribution < 1.29 is 13.2 Å². The number of primary sulfonamides is 1. The molecular weight excluding hydrogens is 290 g/mol. The highest BCUT2D eigenvalue weighted by Crippen LogP contribution is 2.34. The smallest absolute Gasteiger partial charge is 0.238 e. The lowest BCUT2D eigenvalue weighted by Crippen LogP contribution is -2.44. The Kier molecular flexibility index (Phi) is 4.65. The number of hydrogen-bond donors (Lipinski definition) is 3. The summed E-state index contributed by atoms with van der Waals surface area (Å²) in [6.07, 6.45) is 2.32. The predicted molar refractivity (Wildman–Crippen MR) is 81.3 cm³/mol. The number of anilines is 1. The van der Waals surface area contributed by atoms with Gasteiger partial charge in [-0.1, -0.05) is 13.0 Å². The number of benzene rings is 1. The summed E-state index contributed by atoms with van der Waals surface area (Å²) in [4.78, 5) is 12.6. The van der Waals surface area contributed by atoms with E-state index in [1.165, 1.54) is 12.1 Å². The van der Waals surface area contributed by atoms with Crippen molar-refractivity contribution in [3.8, 4) is 0 Å². The van der Waals surface area contributed by atoms with Gasteiger partial charge in [-0.05, 0) is 50.6 Å². The van der Waals surface area contributed by atoms with Crippen LogP contribution >= 0.6 is 0 Å². The Morgan fingerprint density at radius 3 is 2.62 bits per heavy atom. The number of carbonyl (C=O) groups excluding carboxylic acids is 1. The van der Waals surface area contributed by atoms with Gasteiger partial charge in [0.2, 0.25) is 15.9 Å². The first-order valence-corrected chi connectivity index (χ1v) is 8.57. The maximum absolute atomic E-state index is 12.6. The van der Waals surface area contributed by atoms with E-state index in [-0.39, 0.29) is 16.2 Å². The number of sulfonamides is 1. The molecule has 1 fully saturated rings. The SMILES string of the molecule is CCC1(C(=O)Nc2cccc(S(N)(=O)=O)c2)CCNCC1. The molecule has 21 heavy (non-hydrogen) atoms. The second-order valence-electron chi connectivity index (χ2n) is 5.41. The molecule has 0 aliphatic carbocycles. The number of nitrogens with one attached hydrogen (secondary N) is 2. The van der Waals surface area contributed by atoms with E-state index in [2.05, 4.69) is 10.6 Å². The molecule has 6 nitrogen and oxygen atoms in total. The van der Waals surface area contributed by atoms with Crippen LogP contribution in [-0.2, 0) is 14.8 Å². The van der Waals surface area contributed by atoms with E-state index in [4.69, 9.17) is 5.14 Å². The molecule has 0 radical (unpaired) electrons. The highest BCUT2D eigenvalue weighted by Gasteiger charge is 2.37. The monoisotopic (exact) mass is 311 g/mol. The Hall–Kier alpha value is -1.44. The van der Waals surface area contributed by atoms with E-state index in [0.29, 0.717) is 5.69 Å². The topological polar surface area (TPSA) is 101 Å². The van der Waals surface area contributed by atoms with Gasteiger partial charge in [0.15, 0.2) is 0 Å². The minimum atomic E-state index is -3.77. The van der Waals surface area contributed by atoms with Crippen LogP contribution in [-0.4, -0.2) is 27.4 Å². The molecule has 0 bridgehead atoms. The minimum Gasteiger partial charge on any atom is -0.326 e. The summed E-state index contributed by atoms with van der Waals surface area (Å²) in [6.45, 7) is 3.64. The Labute approximate surface area is 125 Å². The van der Waals surface area contributed by atoms with Gasteiger partial charge in [-0.3, -0.25) is 4.79 Å². The van der Waals surface area contributed by atoms with Gasteiger partial charge in [-0.2, -0.15) is 0 Å². The lowest BCUT2D eigenvalue weighted by Gasteiger charge is -2.35. The Balaban J connectivity index is 2.19. The van der Waals surface area contributed by atoms with Gasteiger partial charge in [0.25, 0.3) is 0 Å². The number of hydrogen-bond acceptors (Lipinski definition) is 4. The number of piperidine rings is 1. The van der Waals surface area contributed by atoms with Crippen molar-refractivity contribution >= 4 is 21.6 Å². The van der Waals surface area contributed by atoms with Crippen molar-refractivity contribution in [1.29, 1.82) is 0 Å². The molecule has 7 heteroatoms. The van der Waals surface area contributed by atoms with Gasteiger partial charge in [0.1, 0.15) is 0 Å². The first kappa shape index (κ1) is 15.9. The van der Waals surface area contributed by atoms with Crippen LogP contribution in [0.5, 0.6) is 0 Å². The summed E-state index contributed by atoms with van der Waals surface area (Å²) in [5, 5.41) is 11.2. The standard InChI is InChI=1S/C14H21N3O3S/c1-2-14(6-8-16-9-7-14)13(18)17-11-4-3-5-12(10-11)21(15,19)20/h3-5,10,16H,2,6-9H2,1H3,(H,17,18)(H2,15,19,20). The maximum atomic E-state index is 12.6. The molecule has 1 amide bonds. The highest BCUT2D eigenvalue weighted by molar-refractivity contribution is 7.89. The third kappa shape index (κ3) is 3.61. The van der Waals surface area contributed by atoms with Crippen LogP contribution in [0, 0.1) is 5.41 Å². The molecule has 0 aromatic heterocycles. The average molecular weight is 311 g/mol. The van der Waals surface area contributed by atoms with Crippen LogP contribution in [0.25, 0.3) is 0 Å². The second-order valence-corrected chi connectivity index (χ2v) is 6.97. The molecule has 0 atom stereocenters. The summed E-state index contributed by atoms with van der Waals surface area (Å²) in [5.41, 5.74) is 0.0703. The molecule has 2 rings (SSSR count). The third-order valence-electron chi connectivity index (χ3n) is 4.14. The van der Waals surface area contributed by atoms with Gasteiger partial charge >= 0.3 is 0 Å². The van der Waals surface area contributed by atoms with Crippen LogP contribution in [0.15, 0.2) is 29.2 Å². The van der Waals surface area contributed by atoms with E-state index in [9.17, 15) is 13.2 Å². The van der Waals surface area contributed by atoms with Crippen molar-refractivity contribution in [1.82, 2.24) is 5.32 Å². The first-order valence-electron chi connectivity index (χ1n) is 7.02. The van der Waals surface area contributed by atoms with Gasteiger partial charge < -0.3 is 10.6 Å². The van der Waals surface area contributed by atoms with Crippen LogP contribution in [0.4, 0.5) is 5.69 Å². The Morgan fingerprint density at radius 2 is 2.05 bits per heavy atom. The number of rotatable bonds is 4. The van der Waals surface area contributed by atoms with E-state index in [1.807, 2.05) is 6.92 Å². The lowest BCUT2D eigenvalue weighted by molar-refractivity contribution is -0.127. The van der Waals surface area contributed by atoms with Crippen LogP contribution in [0.2, 0.25) is 0 Å². The normalized spacial score (nSPS) is 18.2. The van der Waals surface area contributed by atoms with Crippen molar-refractivity contribution in [2.24, 2.45) is 10.6 Å². The van der Waals surface area contributed by atoms with E-state index in [0.717, 1.165) is 32.4 Å². The van der Waals surface area contributed by atoms with Crippen LogP contribution < -0.4 is 15.8 Å². The predicted octanol–water partition coefficient (Wildman–Crippen LogP) is 1.05. The van der Waals surface area contributed by atoms with Crippen molar-refractivity contribution in [2.75, 3.05) is 18.4 Å². The van der Waals surface area contributed by atoms with Gasteiger partial charge in [-0.15, -0.1) is 0 Å². The van der Waals surface area contributed by atoms with Gasteiger partial charge in [0.05, 0.1) is 10.3 Å². The van der Waals surface area contributed by atoms with Crippen LogP contribution in [0.1, 0.15) is 26.2 Å². The molecule has 116 valence electrons. The molecule has 1 saturated heterocycles. The van der Waals surface area contributed by atoms with Crippen molar-refractivity contribution in [2.45, 2.75) is 31.1 Å². The largest absolute Gasteiger partial charge is 0.326 e. The number of amides is 1. The zero-order valence-corrected chi connectivity index (χ0v) is 12.9. The molecule has 1 aliphatic rings. The summed E-state index contributed by atoms with van der Waals surface area (Å²) in [6, 6.07) is 6.02. The van der Waals surface area contributed by atoms with Crippen molar-refractivity contribution in [3.63, 3.8) is 0 Å². The molecule has 1 aromatic carbocycles. The molecule has 1 aromatic rings. The lowest BCUT2D eigenvalue weighted by atomic mass is 9.76. The van der Waals surface area contributed by atoms with E-state index >= 15 is 0 Å². The fourth-order valence-corrected chi connectivity index (χ4v) is 3.22. The molecule has 0 saturated carbocycles. The quantitative estimate of drug-likeness (QED) is 0.773. The summed E-state index contributed by atoms with van der Waals surface area (Å²) in [5.74, 6) is -0.0573. The van der Waals surface area contributed by atoms with Crippen LogP contribution in [0.3, 0.4) is 0 Å². The molecule has 1 aliphatic heterocycles. The second kappa shape index (κ2) is 6.13. The Bertz CT molecular complexity index is 622. The molecule has 0 unspecified atom stereocenters. The number of nitrogens with two attached hydrogens (primary N) is 1. The zero-order chi connectivity index (χ0) is 15.5. The molecule has 4 N–H and O–H groups in total. The highest BCUT2D eigenvalue weighted by atomic mass is 32.2. The van der Waals surface area contributed by atoms with Gasteiger partial charge in [0, 0.05) is 5.69 Å². The summed E-state index contributed by atoms with van der Waals surface area (Å²) in [7, 11) is -3.77. The molecule has 1 heterocycles. The first-order chi connectivity index (χ1) is 9.87. The summed E-state index contributed by atoms with van der Waals surface area (Å²) >= 11 is 0. The Morgan fingerprint density at radius 1 is 1.38 bits per heavy atom. The zero-order valence-electron chi connectivity index (χ0n) is 12.1. The van der Waals surface area contributed by atoms with Crippen molar-refractivity contribution in [3.05, 3.63) is 24.3 Å². The summed E-state index contributed by atoms with van der Waals surface area (Å²) < 4.78 is 22.7. The fraction of sp³-hybridized carbons (Fsp3) is 0.500. The van der Waals surface area contributed by atoms with Gasteiger partial charge in [-0.25, -0.2) is 13.6 Å².